The average molecular weight is 430 g/mol. The van der Waals surface area contributed by atoms with Crippen molar-refractivity contribution in [2.24, 2.45) is 0 Å². The van der Waals surface area contributed by atoms with Gasteiger partial charge in [-0.25, -0.2) is 12.7 Å². The highest BCUT2D eigenvalue weighted by Crippen LogP contribution is 2.46. The second-order valence-electron chi connectivity index (χ2n) is 7.54. The lowest BCUT2D eigenvalue weighted by molar-refractivity contribution is 0.245. The fraction of sp³-hybridized carbons (Fsp3) is 0.364. The third kappa shape index (κ3) is 4.29. The van der Waals surface area contributed by atoms with E-state index in [9.17, 15) is 8.42 Å². The van der Waals surface area contributed by atoms with E-state index in [1.807, 2.05) is 18.2 Å². The van der Waals surface area contributed by atoms with E-state index in [0.717, 1.165) is 49.6 Å². The lowest BCUT2D eigenvalue weighted by Crippen LogP contribution is -2.43. The van der Waals surface area contributed by atoms with Crippen LogP contribution in [0.1, 0.15) is 17.5 Å². The molecule has 29 heavy (non-hydrogen) atoms. The second kappa shape index (κ2) is 8.62. The summed E-state index contributed by atoms with van der Waals surface area (Å²) in [6, 6.07) is 13.9. The molecule has 0 unspecified atom stereocenters. The van der Waals surface area contributed by atoms with Gasteiger partial charge in [0.1, 0.15) is 0 Å². The summed E-state index contributed by atoms with van der Waals surface area (Å²) in [7, 11) is -0.312. The van der Waals surface area contributed by atoms with Crippen LogP contribution in [-0.2, 0) is 10.0 Å². The summed E-state index contributed by atoms with van der Waals surface area (Å²) in [5.41, 5.74) is 3.55. The maximum Gasteiger partial charge on any atom is 0.242 e. The fourth-order valence-corrected chi connectivity index (χ4v) is 5.92. The number of nitrogens with one attached hydrogen (secondary N) is 1. The topological polar surface area (TPSA) is 52.7 Å². The number of fused-ring (bicyclic) bond motifs is 2. The highest BCUT2D eigenvalue weighted by molar-refractivity contribution is 7.99. The zero-order valence-electron chi connectivity index (χ0n) is 16.9. The number of nitrogens with zero attached hydrogens (tertiary/aromatic N) is 2. The van der Waals surface area contributed by atoms with Gasteiger partial charge < -0.3 is 10.2 Å². The summed E-state index contributed by atoms with van der Waals surface area (Å²) in [5.74, 6) is 0. The predicted octanol–water partition coefficient (Wildman–Crippen LogP) is 3.13. The van der Waals surface area contributed by atoms with E-state index in [0.29, 0.717) is 4.90 Å². The van der Waals surface area contributed by atoms with Crippen LogP contribution in [0.3, 0.4) is 0 Å². The zero-order valence-corrected chi connectivity index (χ0v) is 18.5. The molecular formula is C22H27N3O2S2. The molecule has 4 rings (SSSR count). The Morgan fingerprint density at radius 1 is 1.07 bits per heavy atom. The standard InChI is InChI=1S/C22H27N3O2S2/c1-24(2)29(26,27)17-9-10-20-18(7-5-13-25-14-11-23-12-15-25)19-6-3-4-8-21(19)28-22(20)16-17/h3-4,6-10,16,23H,5,11-15H2,1-2H3/b18-7+. The SMILES string of the molecule is CN(C)S(=O)(=O)c1ccc2c(c1)Sc1ccccc1/C2=C\CCN1CCNCC1. The van der Waals surface area contributed by atoms with Gasteiger partial charge in [0.05, 0.1) is 4.90 Å². The Labute approximate surface area is 177 Å². The zero-order chi connectivity index (χ0) is 20.4. The van der Waals surface area contributed by atoms with Crippen molar-refractivity contribution in [3.63, 3.8) is 0 Å². The lowest BCUT2D eigenvalue weighted by Gasteiger charge is -2.27. The van der Waals surface area contributed by atoms with E-state index >= 15 is 0 Å². The quantitative estimate of drug-likeness (QED) is 0.675. The van der Waals surface area contributed by atoms with Crippen molar-refractivity contribution >= 4 is 27.4 Å². The van der Waals surface area contributed by atoms with Gasteiger partial charge >= 0.3 is 0 Å². The normalized spacial score (nSPS) is 18.7. The van der Waals surface area contributed by atoms with E-state index in [1.165, 1.54) is 20.3 Å². The Bertz CT molecular complexity index is 1030. The molecule has 154 valence electrons. The van der Waals surface area contributed by atoms with Crippen LogP contribution in [0.5, 0.6) is 0 Å². The Hall–Kier alpha value is -1.64. The highest BCUT2D eigenvalue weighted by Gasteiger charge is 2.24. The smallest absolute Gasteiger partial charge is 0.242 e. The first kappa shape index (κ1) is 20.6. The average Bonchev–Trinajstić information content (AvgIpc) is 2.73. The van der Waals surface area contributed by atoms with Crippen molar-refractivity contribution in [2.45, 2.75) is 21.1 Å². The van der Waals surface area contributed by atoms with E-state index in [2.05, 4.69) is 34.5 Å². The number of benzene rings is 2. The maximum absolute atomic E-state index is 12.6. The van der Waals surface area contributed by atoms with Crippen molar-refractivity contribution < 1.29 is 8.42 Å². The molecular weight excluding hydrogens is 402 g/mol. The van der Waals surface area contributed by atoms with Crippen LogP contribution in [0, 0.1) is 0 Å². The number of piperazine rings is 1. The molecule has 5 nitrogen and oxygen atoms in total. The number of hydrogen-bond acceptors (Lipinski definition) is 5. The van der Waals surface area contributed by atoms with Crippen LogP contribution >= 0.6 is 11.8 Å². The van der Waals surface area contributed by atoms with E-state index in [-0.39, 0.29) is 0 Å². The van der Waals surface area contributed by atoms with Gasteiger partial charge in [-0.2, -0.15) is 0 Å². The Morgan fingerprint density at radius 2 is 1.79 bits per heavy atom. The number of rotatable bonds is 5. The molecule has 2 aromatic rings. The van der Waals surface area contributed by atoms with Crippen molar-refractivity contribution in [3.8, 4) is 0 Å². The van der Waals surface area contributed by atoms with E-state index in [1.54, 1.807) is 31.9 Å². The van der Waals surface area contributed by atoms with Crippen LogP contribution in [-0.4, -0.2) is 64.4 Å². The Kier molecular flexibility index (Phi) is 6.13. The van der Waals surface area contributed by atoms with Gasteiger partial charge in [0.25, 0.3) is 0 Å². The van der Waals surface area contributed by atoms with Gasteiger partial charge in [-0.1, -0.05) is 42.1 Å². The van der Waals surface area contributed by atoms with Crippen molar-refractivity contribution in [3.05, 3.63) is 59.7 Å². The monoisotopic (exact) mass is 429 g/mol. The molecule has 2 aliphatic heterocycles. The maximum atomic E-state index is 12.6. The molecule has 7 heteroatoms. The summed E-state index contributed by atoms with van der Waals surface area (Å²) in [4.78, 5) is 5.01. The van der Waals surface area contributed by atoms with Gasteiger partial charge in [0, 0.05) is 56.6 Å². The second-order valence-corrected chi connectivity index (χ2v) is 10.8. The molecule has 2 aromatic carbocycles. The molecule has 0 amide bonds. The fourth-order valence-electron chi connectivity index (χ4n) is 3.77. The molecule has 0 saturated carbocycles. The van der Waals surface area contributed by atoms with Crippen LogP contribution in [0.4, 0.5) is 0 Å². The highest BCUT2D eigenvalue weighted by atomic mass is 32.2. The molecule has 1 N–H and O–H groups in total. The summed E-state index contributed by atoms with van der Waals surface area (Å²) < 4.78 is 26.4. The summed E-state index contributed by atoms with van der Waals surface area (Å²) in [6.07, 6.45) is 3.30. The first-order valence-electron chi connectivity index (χ1n) is 9.94. The van der Waals surface area contributed by atoms with E-state index < -0.39 is 10.0 Å². The molecule has 0 radical (unpaired) electrons. The minimum atomic E-state index is -3.45. The predicted molar refractivity (Wildman–Crippen MR) is 119 cm³/mol. The van der Waals surface area contributed by atoms with Gasteiger partial charge in [-0.05, 0) is 41.3 Å². The van der Waals surface area contributed by atoms with Gasteiger partial charge in [0.2, 0.25) is 10.0 Å². The number of hydrogen-bond donors (Lipinski definition) is 1. The molecule has 2 aliphatic rings. The van der Waals surface area contributed by atoms with Crippen molar-refractivity contribution in [1.29, 1.82) is 0 Å². The van der Waals surface area contributed by atoms with Crippen LogP contribution < -0.4 is 5.32 Å². The molecule has 0 atom stereocenters. The molecule has 0 aliphatic carbocycles. The Morgan fingerprint density at radius 3 is 2.55 bits per heavy atom. The van der Waals surface area contributed by atoms with Gasteiger partial charge in [-0.3, -0.25) is 0 Å². The molecule has 1 fully saturated rings. The van der Waals surface area contributed by atoms with Crippen molar-refractivity contribution in [1.82, 2.24) is 14.5 Å². The van der Waals surface area contributed by atoms with Crippen LogP contribution in [0.2, 0.25) is 0 Å². The molecule has 0 aromatic heterocycles. The molecule has 0 spiro atoms. The minimum Gasteiger partial charge on any atom is -0.314 e. The molecule has 1 saturated heterocycles. The summed E-state index contributed by atoms with van der Waals surface area (Å²) in [5, 5.41) is 3.39. The van der Waals surface area contributed by atoms with Gasteiger partial charge in [0.15, 0.2) is 0 Å². The van der Waals surface area contributed by atoms with Crippen molar-refractivity contribution in [2.75, 3.05) is 46.8 Å². The minimum absolute atomic E-state index is 0.341. The first-order chi connectivity index (χ1) is 14.0. The largest absolute Gasteiger partial charge is 0.314 e. The summed E-state index contributed by atoms with van der Waals surface area (Å²) >= 11 is 1.65. The Balaban J connectivity index is 1.67. The third-order valence-electron chi connectivity index (χ3n) is 5.42. The molecule has 0 bridgehead atoms. The molecule has 2 heterocycles. The van der Waals surface area contributed by atoms with E-state index in [4.69, 9.17) is 0 Å². The van der Waals surface area contributed by atoms with Gasteiger partial charge in [-0.15, -0.1) is 0 Å². The number of sulfonamides is 1. The lowest BCUT2D eigenvalue weighted by atomic mass is 9.96. The summed E-state index contributed by atoms with van der Waals surface area (Å²) in [6.45, 7) is 5.35. The van der Waals surface area contributed by atoms with Crippen LogP contribution in [0.15, 0.2) is 63.2 Å². The van der Waals surface area contributed by atoms with Crippen LogP contribution in [0.25, 0.3) is 5.57 Å². The first-order valence-corrected chi connectivity index (χ1v) is 12.2. The third-order valence-corrected chi connectivity index (χ3v) is 8.37.